The predicted molar refractivity (Wildman–Crippen MR) is 114 cm³/mol. The predicted octanol–water partition coefficient (Wildman–Crippen LogP) is 4.56. The minimum absolute atomic E-state index is 0.101. The number of nitrogens with zero attached hydrogens (tertiary/aromatic N) is 1. The molecule has 2 aromatic carbocycles. The Bertz CT molecular complexity index is 861. The van der Waals surface area contributed by atoms with E-state index in [0.29, 0.717) is 17.7 Å². The van der Waals surface area contributed by atoms with Gasteiger partial charge < -0.3 is 15.0 Å². The fraction of sp³-hybridized carbons (Fsp3) is 0.417. The van der Waals surface area contributed by atoms with Gasteiger partial charge in [-0.25, -0.2) is 4.39 Å². The molecular weight excluding hydrogens is 383 g/mol. The quantitative estimate of drug-likeness (QED) is 0.647. The molecule has 160 valence electrons. The van der Waals surface area contributed by atoms with Crippen molar-refractivity contribution in [2.75, 3.05) is 19.6 Å². The lowest BCUT2D eigenvalue weighted by atomic mass is 10.1. The molecule has 2 amide bonds. The summed E-state index contributed by atoms with van der Waals surface area (Å²) in [6, 6.07) is 11.4. The van der Waals surface area contributed by atoms with Crippen molar-refractivity contribution in [1.82, 2.24) is 10.2 Å². The Hall–Kier alpha value is -2.89. The summed E-state index contributed by atoms with van der Waals surface area (Å²) in [6.07, 6.45) is 5.10. The SMILES string of the molecule is CCCCNC(=O)c1ccc(COc2ccc(C(=O)N3CCCCC3)cc2F)cc1. The fourth-order valence-corrected chi connectivity index (χ4v) is 3.42. The summed E-state index contributed by atoms with van der Waals surface area (Å²) < 4.78 is 20.0. The van der Waals surface area contributed by atoms with Crippen molar-refractivity contribution in [3.05, 3.63) is 65.0 Å². The molecule has 5 nitrogen and oxygen atoms in total. The van der Waals surface area contributed by atoms with E-state index in [2.05, 4.69) is 12.2 Å². The van der Waals surface area contributed by atoms with Gasteiger partial charge in [0.05, 0.1) is 0 Å². The van der Waals surface area contributed by atoms with Gasteiger partial charge in [0.1, 0.15) is 6.61 Å². The Morgan fingerprint density at radius 2 is 1.73 bits per heavy atom. The molecule has 1 saturated heterocycles. The summed E-state index contributed by atoms with van der Waals surface area (Å²) >= 11 is 0. The molecule has 0 bridgehead atoms. The minimum atomic E-state index is -0.551. The van der Waals surface area contributed by atoms with Gasteiger partial charge in [0, 0.05) is 30.8 Å². The average molecular weight is 413 g/mol. The Morgan fingerprint density at radius 3 is 2.40 bits per heavy atom. The monoisotopic (exact) mass is 412 g/mol. The maximum absolute atomic E-state index is 14.4. The van der Waals surface area contributed by atoms with Crippen LogP contribution >= 0.6 is 0 Å². The highest BCUT2D eigenvalue weighted by Gasteiger charge is 2.19. The average Bonchev–Trinajstić information content (AvgIpc) is 2.78. The largest absolute Gasteiger partial charge is 0.486 e. The lowest BCUT2D eigenvalue weighted by Crippen LogP contribution is -2.35. The number of hydrogen-bond acceptors (Lipinski definition) is 3. The van der Waals surface area contributed by atoms with Gasteiger partial charge >= 0.3 is 0 Å². The molecule has 6 heteroatoms. The number of benzene rings is 2. The van der Waals surface area contributed by atoms with E-state index in [0.717, 1.165) is 50.8 Å². The van der Waals surface area contributed by atoms with Gasteiger partial charge in [0.15, 0.2) is 11.6 Å². The highest BCUT2D eigenvalue weighted by molar-refractivity contribution is 5.94. The van der Waals surface area contributed by atoms with E-state index in [1.165, 1.54) is 12.1 Å². The van der Waals surface area contributed by atoms with Crippen molar-refractivity contribution >= 4 is 11.8 Å². The molecular formula is C24H29FN2O3. The first kappa shape index (κ1) is 21.8. The summed E-state index contributed by atoms with van der Waals surface area (Å²) in [6.45, 7) is 4.37. The van der Waals surface area contributed by atoms with E-state index < -0.39 is 5.82 Å². The number of likely N-dealkylation sites (tertiary alicyclic amines) is 1. The third-order valence-corrected chi connectivity index (χ3v) is 5.25. The molecule has 1 aliphatic rings. The van der Waals surface area contributed by atoms with E-state index >= 15 is 0 Å². The Labute approximate surface area is 177 Å². The van der Waals surface area contributed by atoms with Gasteiger partial charge in [-0.3, -0.25) is 9.59 Å². The van der Waals surface area contributed by atoms with Crippen molar-refractivity contribution < 1.29 is 18.7 Å². The zero-order valence-electron chi connectivity index (χ0n) is 17.5. The number of carbonyl (C=O) groups excluding carboxylic acids is 2. The number of unbranched alkanes of at least 4 members (excludes halogenated alkanes) is 1. The van der Waals surface area contributed by atoms with Gasteiger partial charge in [-0.05, 0) is 61.6 Å². The molecule has 0 radical (unpaired) electrons. The van der Waals surface area contributed by atoms with Crippen LogP contribution < -0.4 is 10.1 Å². The third-order valence-electron chi connectivity index (χ3n) is 5.25. The van der Waals surface area contributed by atoms with Crippen molar-refractivity contribution in [2.45, 2.75) is 45.6 Å². The zero-order chi connectivity index (χ0) is 21.3. The lowest BCUT2D eigenvalue weighted by molar-refractivity contribution is 0.0723. The van der Waals surface area contributed by atoms with Crippen LogP contribution in [0.5, 0.6) is 5.75 Å². The Kier molecular flexibility index (Phi) is 7.82. The van der Waals surface area contributed by atoms with Gasteiger partial charge in [0.25, 0.3) is 11.8 Å². The first-order valence-electron chi connectivity index (χ1n) is 10.7. The molecule has 2 aromatic rings. The number of hydrogen-bond donors (Lipinski definition) is 1. The van der Waals surface area contributed by atoms with Crippen LogP contribution in [0.1, 0.15) is 65.3 Å². The third kappa shape index (κ3) is 5.81. The summed E-state index contributed by atoms with van der Waals surface area (Å²) in [7, 11) is 0. The van der Waals surface area contributed by atoms with Crippen LogP contribution in [-0.2, 0) is 6.61 Å². The number of halogens is 1. The first-order valence-corrected chi connectivity index (χ1v) is 10.7. The second-order valence-electron chi connectivity index (χ2n) is 7.59. The summed E-state index contributed by atoms with van der Waals surface area (Å²) in [4.78, 5) is 26.3. The molecule has 1 fully saturated rings. The molecule has 0 aromatic heterocycles. The molecule has 0 atom stereocenters. The van der Waals surface area contributed by atoms with E-state index in [1.807, 2.05) is 0 Å². The van der Waals surface area contributed by atoms with Gasteiger partial charge in [-0.2, -0.15) is 0 Å². The van der Waals surface area contributed by atoms with Crippen LogP contribution in [0.2, 0.25) is 0 Å². The number of rotatable bonds is 8. The maximum atomic E-state index is 14.4. The molecule has 1 aliphatic heterocycles. The van der Waals surface area contributed by atoms with Crippen molar-refractivity contribution in [3.63, 3.8) is 0 Å². The molecule has 1 heterocycles. The van der Waals surface area contributed by atoms with E-state index in [4.69, 9.17) is 4.74 Å². The van der Waals surface area contributed by atoms with Gasteiger partial charge in [0.2, 0.25) is 0 Å². The first-order chi connectivity index (χ1) is 14.6. The summed E-state index contributed by atoms with van der Waals surface area (Å²) in [5.74, 6) is -0.680. The van der Waals surface area contributed by atoms with E-state index in [1.54, 1.807) is 35.2 Å². The van der Waals surface area contributed by atoms with Crippen molar-refractivity contribution in [1.29, 1.82) is 0 Å². The second-order valence-corrected chi connectivity index (χ2v) is 7.59. The fourth-order valence-electron chi connectivity index (χ4n) is 3.42. The van der Waals surface area contributed by atoms with E-state index in [9.17, 15) is 14.0 Å². The van der Waals surface area contributed by atoms with Crippen LogP contribution in [0.3, 0.4) is 0 Å². The highest BCUT2D eigenvalue weighted by Crippen LogP contribution is 2.22. The van der Waals surface area contributed by atoms with Crippen molar-refractivity contribution in [2.24, 2.45) is 0 Å². The lowest BCUT2D eigenvalue weighted by Gasteiger charge is -2.26. The second kappa shape index (κ2) is 10.8. The van der Waals surface area contributed by atoms with E-state index in [-0.39, 0.29) is 24.2 Å². The molecule has 0 spiro atoms. The molecule has 0 aliphatic carbocycles. The van der Waals surface area contributed by atoms with Crippen LogP contribution in [0.4, 0.5) is 4.39 Å². The highest BCUT2D eigenvalue weighted by atomic mass is 19.1. The molecule has 1 N–H and O–H groups in total. The number of amides is 2. The number of piperidine rings is 1. The molecule has 30 heavy (non-hydrogen) atoms. The standard InChI is InChI=1S/C24H29FN2O3/c1-2-3-13-26-23(28)19-9-7-18(8-10-19)17-30-22-12-11-20(16-21(22)25)24(29)27-14-5-4-6-15-27/h7-12,16H,2-6,13-15,17H2,1H3,(H,26,28). The number of ether oxygens (including phenoxy) is 1. The molecule has 3 rings (SSSR count). The van der Waals surface area contributed by atoms with Crippen LogP contribution in [0.15, 0.2) is 42.5 Å². The normalized spacial score (nSPS) is 13.7. The maximum Gasteiger partial charge on any atom is 0.253 e. The molecule has 0 unspecified atom stereocenters. The summed E-state index contributed by atoms with van der Waals surface area (Å²) in [5.41, 5.74) is 1.76. The van der Waals surface area contributed by atoms with Crippen LogP contribution in [0.25, 0.3) is 0 Å². The topological polar surface area (TPSA) is 58.6 Å². The van der Waals surface area contributed by atoms with Gasteiger partial charge in [-0.15, -0.1) is 0 Å². The Morgan fingerprint density at radius 1 is 1.03 bits per heavy atom. The zero-order valence-corrected chi connectivity index (χ0v) is 17.5. The Balaban J connectivity index is 1.55. The summed E-state index contributed by atoms with van der Waals surface area (Å²) in [5, 5.41) is 2.87. The molecule has 0 saturated carbocycles. The number of carbonyl (C=O) groups is 2. The minimum Gasteiger partial charge on any atom is -0.486 e. The number of nitrogens with one attached hydrogen (secondary N) is 1. The van der Waals surface area contributed by atoms with Crippen molar-refractivity contribution in [3.8, 4) is 5.75 Å². The van der Waals surface area contributed by atoms with Crippen LogP contribution in [0, 0.1) is 5.82 Å². The smallest absolute Gasteiger partial charge is 0.253 e. The van der Waals surface area contributed by atoms with Crippen LogP contribution in [-0.4, -0.2) is 36.3 Å². The van der Waals surface area contributed by atoms with Gasteiger partial charge in [-0.1, -0.05) is 25.5 Å².